The SMILES string of the molecule is COc1ccc(-c2nn(-c3ccccc3)cc2/C=N/N=C2\SC(CC(=O)Nc3ccc(C)cc3)C(=O)N2CCc2ccccc2)cc1. The predicted octanol–water partition coefficient (Wildman–Crippen LogP) is 6.76. The quantitative estimate of drug-likeness (QED) is 0.127. The topological polar surface area (TPSA) is 101 Å². The number of amidine groups is 1. The fraction of sp³-hybridized carbons (Fsp3) is 0.162. The average molecular weight is 643 g/mol. The highest BCUT2D eigenvalue weighted by Crippen LogP contribution is 2.31. The highest BCUT2D eigenvalue weighted by molar-refractivity contribution is 8.15. The van der Waals surface area contributed by atoms with Crippen molar-refractivity contribution in [1.29, 1.82) is 0 Å². The number of thioether (sulfide) groups is 1. The van der Waals surface area contributed by atoms with Crippen molar-refractivity contribution in [1.82, 2.24) is 14.7 Å². The number of nitrogens with one attached hydrogen (secondary N) is 1. The van der Waals surface area contributed by atoms with Crippen molar-refractivity contribution in [3.05, 3.63) is 132 Å². The van der Waals surface area contributed by atoms with E-state index < -0.39 is 5.25 Å². The summed E-state index contributed by atoms with van der Waals surface area (Å²) in [6.07, 6.45) is 4.21. The molecule has 6 rings (SSSR count). The van der Waals surface area contributed by atoms with Crippen molar-refractivity contribution in [3.8, 4) is 22.7 Å². The van der Waals surface area contributed by atoms with E-state index in [1.54, 1.807) is 22.9 Å². The van der Waals surface area contributed by atoms with E-state index in [0.717, 1.165) is 39.4 Å². The van der Waals surface area contributed by atoms with Crippen molar-refractivity contribution in [2.75, 3.05) is 19.0 Å². The first-order valence-corrected chi connectivity index (χ1v) is 16.1. The van der Waals surface area contributed by atoms with Crippen LogP contribution in [0, 0.1) is 6.92 Å². The van der Waals surface area contributed by atoms with Gasteiger partial charge in [-0.2, -0.15) is 10.2 Å². The van der Waals surface area contributed by atoms with E-state index in [4.69, 9.17) is 9.84 Å². The second-order valence-corrected chi connectivity index (χ2v) is 12.2. The van der Waals surface area contributed by atoms with Gasteiger partial charge in [0.25, 0.3) is 0 Å². The summed E-state index contributed by atoms with van der Waals surface area (Å²) in [7, 11) is 1.63. The number of methoxy groups -OCH3 is 1. The number of aromatic nitrogens is 2. The van der Waals surface area contributed by atoms with Gasteiger partial charge in [0.2, 0.25) is 11.8 Å². The van der Waals surface area contributed by atoms with Crippen LogP contribution in [0.25, 0.3) is 16.9 Å². The fourth-order valence-electron chi connectivity index (χ4n) is 5.13. The van der Waals surface area contributed by atoms with E-state index in [1.807, 2.05) is 122 Å². The van der Waals surface area contributed by atoms with Crippen LogP contribution in [-0.2, 0) is 16.0 Å². The van der Waals surface area contributed by atoms with E-state index in [9.17, 15) is 9.59 Å². The lowest BCUT2D eigenvalue weighted by atomic mass is 10.1. The third-order valence-corrected chi connectivity index (χ3v) is 8.83. The van der Waals surface area contributed by atoms with Crippen LogP contribution in [0.4, 0.5) is 5.69 Å². The Morgan fingerprint density at radius 1 is 0.957 bits per heavy atom. The summed E-state index contributed by atoms with van der Waals surface area (Å²) in [6.45, 7) is 2.41. The summed E-state index contributed by atoms with van der Waals surface area (Å²) in [4.78, 5) is 28.2. The molecule has 1 aromatic heterocycles. The van der Waals surface area contributed by atoms with Crippen molar-refractivity contribution in [3.63, 3.8) is 0 Å². The Labute approximate surface area is 278 Å². The van der Waals surface area contributed by atoms with Crippen LogP contribution in [0.3, 0.4) is 0 Å². The van der Waals surface area contributed by atoms with Gasteiger partial charge in [0.05, 0.1) is 19.0 Å². The molecule has 2 amide bonds. The zero-order chi connectivity index (χ0) is 32.6. The molecule has 0 aliphatic carbocycles. The minimum atomic E-state index is -0.610. The molecule has 10 heteroatoms. The van der Waals surface area contributed by atoms with Gasteiger partial charge in [-0.25, -0.2) is 4.68 Å². The summed E-state index contributed by atoms with van der Waals surface area (Å²) in [6, 6.07) is 35.0. The maximum absolute atomic E-state index is 13.6. The summed E-state index contributed by atoms with van der Waals surface area (Å²) in [5.74, 6) is 0.359. The van der Waals surface area contributed by atoms with Crippen LogP contribution >= 0.6 is 11.8 Å². The third-order valence-electron chi connectivity index (χ3n) is 7.66. The van der Waals surface area contributed by atoms with Gasteiger partial charge in [-0.3, -0.25) is 14.5 Å². The van der Waals surface area contributed by atoms with E-state index in [1.165, 1.54) is 11.8 Å². The van der Waals surface area contributed by atoms with Gasteiger partial charge in [0.1, 0.15) is 16.7 Å². The lowest BCUT2D eigenvalue weighted by molar-refractivity contribution is -0.128. The molecule has 0 radical (unpaired) electrons. The molecule has 1 fully saturated rings. The van der Waals surface area contributed by atoms with Crippen LogP contribution in [0.2, 0.25) is 0 Å². The molecule has 2 heterocycles. The molecule has 236 valence electrons. The maximum Gasteiger partial charge on any atom is 0.242 e. The van der Waals surface area contributed by atoms with Crippen LogP contribution in [0.1, 0.15) is 23.1 Å². The normalized spacial score (nSPS) is 15.4. The van der Waals surface area contributed by atoms with Crippen LogP contribution in [0.15, 0.2) is 126 Å². The van der Waals surface area contributed by atoms with Crippen LogP contribution < -0.4 is 10.1 Å². The van der Waals surface area contributed by atoms with Crippen molar-refractivity contribution < 1.29 is 14.3 Å². The van der Waals surface area contributed by atoms with E-state index in [2.05, 4.69) is 15.5 Å². The molecule has 1 aliphatic rings. The number of benzene rings is 4. The minimum Gasteiger partial charge on any atom is -0.497 e. The molecule has 47 heavy (non-hydrogen) atoms. The number of anilines is 1. The number of rotatable bonds is 11. The van der Waals surface area contributed by atoms with Crippen molar-refractivity contribution >= 4 is 40.6 Å². The molecule has 1 aliphatic heterocycles. The first kappa shape index (κ1) is 31.5. The van der Waals surface area contributed by atoms with E-state index in [-0.39, 0.29) is 18.2 Å². The number of amides is 2. The van der Waals surface area contributed by atoms with Gasteiger partial charge in [-0.1, -0.05) is 78.0 Å². The molecule has 1 unspecified atom stereocenters. The Kier molecular flexibility index (Phi) is 9.88. The number of hydrogen-bond acceptors (Lipinski definition) is 7. The van der Waals surface area contributed by atoms with Gasteiger partial charge in [-0.05, 0) is 67.4 Å². The van der Waals surface area contributed by atoms with Crippen LogP contribution in [0.5, 0.6) is 5.75 Å². The van der Waals surface area contributed by atoms with Crippen LogP contribution in [-0.4, -0.2) is 56.8 Å². The Morgan fingerprint density at radius 3 is 2.36 bits per heavy atom. The van der Waals surface area contributed by atoms with E-state index >= 15 is 0 Å². The Balaban J connectivity index is 1.26. The first-order chi connectivity index (χ1) is 23.0. The average Bonchev–Trinajstić information content (AvgIpc) is 3.66. The van der Waals surface area contributed by atoms with Gasteiger partial charge in [0.15, 0.2) is 5.17 Å². The number of hydrogen-bond donors (Lipinski definition) is 1. The molecule has 1 N–H and O–H groups in total. The number of carbonyl (C=O) groups excluding carboxylic acids is 2. The second kappa shape index (κ2) is 14.7. The summed E-state index contributed by atoms with van der Waals surface area (Å²) >= 11 is 1.26. The third kappa shape index (κ3) is 7.85. The van der Waals surface area contributed by atoms with Gasteiger partial charge >= 0.3 is 0 Å². The zero-order valence-electron chi connectivity index (χ0n) is 26.1. The highest BCUT2D eigenvalue weighted by atomic mass is 32.2. The molecule has 5 aromatic rings. The molecular weight excluding hydrogens is 609 g/mol. The number of aryl methyl sites for hydroxylation is 1. The lowest BCUT2D eigenvalue weighted by Crippen LogP contribution is -2.35. The molecule has 9 nitrogen and oxygen atoms in total. The smallest absolute Gasteiger partial charge is 0.242 e. The lowest BCUT2D eigenvalue weighted by Gasteiger charge is -2.15. The van der Waals surface area contributed by atoms with Gasteiger partial charge in [0, 0.05) is 36.0 Å². The van der Waals surface area contributed by atoms with Gasteiger partial charge in [-0.15, -0.1) is 5.10 Å². The molecule has 0 spiro atoms. The van der Waals surface area contributed by atoms with Crippen molar-refractivity contribution in [2.45, 2.75) is 25.0 Å². The standard InChI is InChI=1S/C37H34N6O3S/c1-26-13-17-30(18-14-26)39-34(44)23-33-36(45)42(22-21-27-9-5-3-6-10-27)37(47-33)40-38-24-29-25-43(31-11-7-4-8-12-31)41-35(29)28-15-19-32(46-2)20-16-28/h3-20,24-25,33H,21-23H2,1-2H3,(H,39,44)/b38-24+,40-37-. The maximum atomic E-state index is 13.6. The van der Waals surface area contributed by atoms with Gasteiger partial charge < -0.3 is 10.1 Å². The fourth-order valence-corrected chi connectivity index (χ4v) is 6.25. The Hall–Kier alpha value is -5.48. The monoisotopic (exact) mass is 642 g/mol. The van der Waals surface area contributed by atoms with Crippen molar-refractivity contribution in [2.24, 2.45) is 10.2 Å². The second-order valence-electron chi connectivity index (χ2n) is 11.0. The summed E-state index contributed by atoms with van der Waals surface area (Å²) in [5.41, 5.74) is 6.17. The molecule has 4 aromatic carbocycles. The number of carbonyl (C=O) groups is 2. The summed E-state index contributed by atoms with van der Waals surface area (Å²) in [5, 5.41) is 16.6. The number of ether oxygens (including phenoxy) is 1. The largest absolute Gasteiger partial charge is 0.497 e. The highest BCUT2D eigenvalue weighted by Gasteiger charge is 2.39. The molecule has 1 saturated heterocycles. The molecule has 0 saturated carbocycles. The summed E-state index contributed by atoms with van der Waals surface area (Å²) < 4.78 is 7.14. The first-order valence-electron chi connectivity index (χ1n) is 15.3. The predicted molar refractivity (Wildman–Crippen MR) is 188 cm³/mol. The zero-order valence-corrected chi connectivity index (χ0v) is 26.9. The van der Waals surface area contributed by atoms with E-state index in [0.29, 0.717) is 23.8 Å². The molecule has 0 bridgehead atoms. The molecule has 1 atom stereocenters. The number of nitrogens with zero attached hydrogens (tertiary/aromatic N) is 5. The number of para-hydroxylation sites is 1. The minimum absolute atomic E-state index is 0.0212. The Bertz CT molecular complexity index is 1890. The molecular formula is C37H34N6O3S. The Morgan fingerprint density at radius 2 is 1.66 bits per heavy atom.